The van der Waals surface area contributed by atoms with Crippen molar-refractivity contribution in [3.8, 4) is 0 Å². The first-order valence-corrected chi connectivity index (χ1v) is 4.55. The summed E-state index contributed by atoms with van der Waals surface area (Å²) in [4.78, 5) is 0. The molecule has 0 N–H and O–H groups in total. The molecule has 0 unspecified atom stereocenters. The zero-order valence-electron chi connectivity index (χ0n) is 8.44. The van der Waals surface area contributed by atoms with Gasteiger partial charge in [-0.15, -0.1) is 4.68 Å². The fourth-order valence-corrected chi connectivity index (χ4v) is 1.36. The predicted molar refractivity (Wildman–Crippen MR) is 58.0 cm³/mol. The van der Waals surface area contributed by atoms with Crippen LogP contribution in [0.5, 0.6) is 0 Å². The molecule has 0 spiro atoms. The van der Waals surface area contributed by atoms with Gasteiger partial charge in [0.25, 0.3) is 0 Å². The molecule has 0 saturated carbocycles. The van der Waals surface area contributed by atoms with Gasteiger partial charge in [-0.05, 0) is 12.1 Å². The van der Waals surface area contributed by atoms with E-state index >= 15 is 0 Å². The minimum atomic E-state index is 1.00. The average molecular weight is 187 g/mol. The van der Waals surface area contributed by atoms with Gasteiger partial charge in [-0.2, -0.15) is 0 Å². The molecule has 0 aliphatic carbocycles. The first kappa shape index (κ1) is 8.81. The Morgan fingerprint density at radius 3 is 2.36 bits per heavy atom. The lowest BCUT2D eigenvalue weighted by Gasteiger charge is -2.25. The summed E-state index contributed by atoms with van der Waals surface area (Å²) in [5, 5.41) is 1.80. The number of anilines is 1. The van der Waals surface area contributed by atoms with Crippen LogP contribution in [0.3, 0.4) is 0 Å². The van der Waals surface area contributed by atoms with Crippen LogP contribution in [0.25, 0.3) is 5.43 Å². The molecule has 3 nitrogen and oxygen atoms in total. The molecule has 1 aromatic rings. The van der Waals surface area contributed by atoms with E-state index in [1.165, 1.54) is 0 Å². The molecular formula is C11H13N3. The van der Waals surface area contributed by atoms with Crippen molar-refractivity contribution >= 4 is 12.4 Å². The van der Waals surface area contributed by atoms with Gasteiger partial charge in [-0.3, -0.25) is 0 Å². The largest absolute Gasteiger partial charge is 0.535 e. The van der Waals surface area contributed by atoms with Crippen molar-refractivity contribution in [2.75, 3.05) is 5.12 Å². The Hall–Kier alpha value is -1.77. The van der Waals surface area contributed by atoms with Gasteiger partial charge in [-0.1, -0.05) is 30.8 Å². The molecule has 0 saturated heterocycles. The highest BCUT2D eigenvalue weighted by Crippen LogP contribution is 2.29. The summed E-state index contributed by atoms with van der Waals surface area (Å²) in [7, 11) is 0. The number of benzene rings is 1. The number of hydrogen-bond acceptors (Lipinski definition) is 1. The molecule has 0 aromatic heterocycles. The van der Waals surface area contributed by atoms with E-state index in [0.29, 0.717) is 0 Å². The highest BCUT2D eigenvalue weighted by Gasteiger charge is 2.18. The molecule has 72 valence electrons. The molecule has 0 radical (unpaired) electrons. The van der Waals surface area contributed by atoms with Crippen LogP contribution in [0.4, 0.5) is 5.69 Å². The van der Waals surface area contributed by atoms with Crippen molar-refractivity contribution in [3.05, 3.63) is 47.2 Å². The highest BCUT2D eigenvalue weighted by molar-refractivity contribution is 5.51. The third-order valence-corrected chi connectivity index (χ3v) is 2.37. The van der Waals surface area contributed by atoms with Crippen LogP contribution in [-0.2, 0) is 0 Å². The molecular weight excluding hydrogens is 174 g/mol. The Labute approximate surface area is 83.9 Å². The summed E-state index contributed by atoms with van der Waals surface area (Å²) in [6, 6.07) is 9.98. The van der Waals surface area contributed by atoms with Gasteiger partial charge >= 0.3 is 0 Å². The molecule has 0 amide bonds. The monoisotopic (exact) mass is 187 g/mol. The van der Waals surface area contributed by atoms with Gasteiger partial charge in [-0.25, -0.2) is 5.12 Å². The molecule has 1 aromatic carbocycles. The van der Waals surface area contributed by atoms with Crippen LogP contribution in [0.2, 0.25) is 0 Å². The third kappa shape index (κ3) is 1.27. The van der Waals surface area contributed by atoms with Crippen LogP contribution < -0.4 is 5.12 Å². The zero-order valence-corrected chi connectivity index (χ0v) is 8.44. The van der Waals surface area contributed by atoms with E-state index in [0.717, 1.165) is 17.1 Å². The van der Waals surface area contributed by atoms with Gasteiger partial charge in [0.15, 0.2) is 12.4 Å². The maximum atomic E-state index is 4.40. The van der Waals surface area contributed by atoms with Crippen LogP contribution in [0.1, 0.15) is 13.8 Å². The van der Waals surface area contributed by atoms with E-state index in [4.69, 9.17) is 0 Å². The first-order chi connectivity index (χ1) is 6.70. The van der Waals surface area contributed by atoms with E-state index in [9.17, 15) is 0 Å². The lowest BCUT2D eigenvalue weighted by Crippen LogP contribution is -2.23. The Balaban J connectivity index is 2.30. The Morgan fingerprint density at radius 1 is 1.21 bits per heavy atom. The van der Waals surface area contributed by atoms with Crippen LogP contribution >= 0.6 is 0 Å². The Kier molecular flexibility index (Phi) is 2.00. The number of hydrazone groups is 1. The summed E-state index contributed by atoms with van der Waals surface area (Å²) >= 11 is 0. The maximum Gasteiger partial charge on any atom is 0.189 e. The van der Waals surface area contributed by atoms with Gasteiger partial charge in [0, 0.05) is 6.92 Å². The standard InChI is InChI=1S/C11H13N3/c1-9-10(2)13(3)14(12-9)11-7-5-4-6-8-11/h4-8H,3H2,1-2H3. The van der Waals surface area contributed by atoms with Gasteiger partial charge in [0.05, 0.1) is 5.69 Å². The van der Waals surface area contributed by atoms with Crippen molar-refractivity contribution in [2.24, 2.45) is 0 Å². The first-order valence-electron chi connectivity index (χ1n) is 4.55. The molecule has 3 heteroatoms. The second-order valence-corrected chi connectivity index (χ2v) is 3.30. The van der Waals surface area contributed by atoms with E-state index in [1.54, 1.807) is 9.80 Å². The Morgan fingerprint density at radius 2 is 1.86 bits per heavy atom. The van der Waals surface area contributed by atoms with Crippen molar-refractivity contribution in [1.29, 1.82) is 0 Å². The van der Waals surface area contributed by atoms with Crippen molar-refractivity contribution in [3.63, 3.8) is 0 Å². The van der Waals surface area contributed by atoms with Crippen molar-refractivity contribution in [1.82, 2.24) is 0 Å². The van der Waals surface area contributed by atoms with Crippen LogP contribution in [0.15, 0.2) is 41.7 Å². The zero-order chi connectivity index (χ0) is 10.1. The quantitative estimate of drug-likeness (QED) is 0.619. The summed E-state index contributed by atoms with van der Waals surface area (Å²) in [6.45, 7) is 7.93. The van der Waals surface area contributed by atoms with Crippen LogP contribution in [-0.4, -0.2) is 11.4 Å². The molecule has 1 aliphatic rings. The number of para-hydroxylation sites is 1. The number of allylic oxidation sites excluding steroid dienone is 2. The number of hydrogen-bond donors (Lipinski definition) is 0. The van der Waals surface area contributed by atoms with Crippen LogP contribution in [0, 0.1) is 0 Å². The molecule has 2 rings (SSSR count). The maximum absolute atomic E-state index is 4.40. The summed E-state index contributed by atoms with van der Waals surface area (Å²) in [5.41, 5.74) is 7.50. The van der Waals surface area contributed by atoms with Crippen molar-refractivity contribution < 1.29 is 4.68 Å². The summed E-state index contributed by atoms with van der Waals surface area (Å²) < 4.78 is 1.80. The fourth-order valence-electron chi connectivity index (χ4n) is 1.36. The third-order valence-electron chi connectivity index (χ3n) is 2.37. The number of rotatable bonds is 1. The smallest absolute Gasteiger partial charge is 0.189 e. The molecule has 14 heavy (non-hydrogen) atoms. The molecule has 1 heterocycles. The van der Waals surface area contributed by atoms with Gasteiger partial charge in [0.2, 0.25) is 0 Å². The molecule has 0 atom stereocenters. The topological polar surface area (TPSA) is 20.4 Å². The molecule has 0 bridgehead atoms. The normalized spacial score (nSPS) is 16.1. The molecule has 0 fully saturated rings. The van der Waals surface area contributed by atoms with Gasteiger partial charge in [0.1, 0.15) is 0 Å². The molecule has 1 aliphatic heterocycles. The minimum absolute atomic E-state index is 1.00. The lowest BCUT2D eigenvalue weighted by molar-refractivity contribution is -0.467. The number of nitrogens with zero attached hydrogens (tertiary/aromatic N) is 3. The van der Waals surface area contributed by atoms with E-state index in [1.807, 2.05) is 44.2 Å². The second-order valence-electron chi connectivity index (χ2n) is 3.30. The summed E-state index contributed by atoms with van der Waals surface area (Å²) in [6.07, 6.45) is 0. The second kappa shape index (κ2) is 3.18. The predicted octanol–water partition coefficient (Wildman–Crippen LogP) is 2.67. The lowest BCUT2D eigenvalue weighted by atomic mass is 10.3. The minimum Gasteiger partial charge on any atom is -0.535 e. The van der Waals surface area contributed by atoms with Crippen molar-refractivity contribution in [2.45, 2.75) is 13.8 Å². The highest BCUT2D eigenvalue weighted by atomic mass is 15.8. The fraction of sp³-hybridized carbons (Fsp3) is 0.182. The van der Waals surface area contributed by atoms with Gasteiger partial charge < -0.3 is 5.43 Å². The number of hydrazine groups is 1. The van der Waals surface area contributed by atoms with E-state index < -0.39 is 0 Å². The van der Waals surface area contributed by atoms with E-state index in [2.05, 4.69) is 12.1 Å². The summed E-state index contributed by atoms with van der Waals surface area (Å²) in [5.74, 6) is 0. The average Bonchev–Trinajstić information content (AvgIpc) is 2.47. The van der Waals surface area contributed by atoms with E-state index in [-0.39, 0.29) is 0 Å². The SMILES string of the molecule is C=[N+]1C(C)=C(C)[N-]N1c1ccccc1. The Bertz CT molecular complexity index is 392.